The van der Waals surface area contributed by atoms with Crippen LogP contribution in [-0.2, 0) is 11.2 Å². The van der Waals surface area contributed by atoms with Gasteiger partial charge in [0.2, 0.25) is 0 Å². The normalized spacial score (nSPS) is 28.4. The second-order valence-electron chi connectivity index (χ2n) is 6.18. The number of benzene rings is 1. The van der Waals surface area contributed by atoms with Gasteiger partial charge in [0.05, 0.1) is 0 Å². The number of hydrogen-bond donors (Lipinski definition) is 1. The first-order chi connectivity index (χ1) is 10.0. The number of ketones is 1. The Labute approximate surface area is 121 Å². The summed E-state index contributed by atoms with van der Waals surface area (Å²) in [5.74, 6) is -4.01. The molecule has 2 nitrogen and oxygen atoms in total. The SMILES string of the molecule is O=C(Cc1cc(F)c(F)c(F)c1)C1CC2CCCC(C1)N2. The van der Waals surface area contributed by atoms with Crippen LogP contribution in [0.25, 0.3) is 0 Å². The molecular formula is C16H18F3NO. The molecule has 2 aliphatic heterocycles. The Morgan fingerprint density at radius 2 is 1.67 bits per heavy atom. The molecule has 0 spiro atoms. The Morgan fingerprint density at radius 3 is 2.24 bits per heavy atom. The summed E-state index contributed by atoms with van der Waals surface area (Å²) in [6, 6.07) is 2.59. The van der Waals surface area contributed by atoms with E-state index >= 15 is 0 Å². The van der Waals surface area contributed by atoms with E-state index in [0.717, 1.165) is 37.8 Å². The van der Waals surface area contributed by atoms with Gasteiger partial charge in [-0.2, -0.15) is 0 Å². The van der Waals surface area contributed by atoms with Gasteiger partial charge < -0.3 is 5.32 Å². The first-order valence-electron chi connectivity index (χ1n) is 7.45. The van der Waals surface area contributed by atoms with Crippen molar-refractivity contribution in [2.45, 2.75) is 50.6 Å². The Balaban J connectivity index is 1.69. The van der Waals surface area contributed by atoms with Crippen molar-refractivity contribution < 1.29 is 18.0 Å². The number of carbonyl (C=O) groups excluding carboxylic acids is 1. The third kappa shape index (κ3) is 3.12. The summed E-state index contributed by atoms with van der Waals surface area (Å²) in [4.78, 5) is 12.3. The van der Waals surface area contributed by atoms with Crippen molar-refractivity contribution in [2.75, 3.05) is 0 Å². The van der Waals surface area contributed by atoms with E-state index in [9.17, 15) is 18.0 Å². The summed E-state index contributed by atoms with van der Waals surface area (Å²) < 4.78 is 39.3. The highest BCUT2D eigenvalue weighted by atomic mass is 19.2. The minimum absolute atomic E-state index is 0.00110. The first-order valence-corrected chi connectivity index (χ1v) is 7.45. The van der Waals surface area contributed by atoms with Gasteiger partial charge in [-0.15, -0.1) is 0 Å². The van der Waals surface area contributed by atoms with Crippen molar-refractivity contribution in [1.82, 2.24) is 5.32 Å². The van der Waals surface area contributed by atoms with Gasteiger partial charge in [0.25, 0.3) is 0 Å². The standard InChI is InChI=1S/C16H18F3NO/c17-13-4-9(5-14(18)16(13)19)6-15(21)10-7-11-2-1-3-12(8-10)20-11/h4-5,10-12,20H,1-3,6-8H2. The molecule has 1 aromatic carbocycles. The Kier molecular flexibility index (Phi) is 4.02. The zero-order chi connectivity index (χ0) is 15.0. The molecule has 0 radical (unpaired) electrons. The Hall–Kier alpha value is -1.36. The zero-order valence-corrected chi connectivity index (χ0v) is 11.7. The molecule has 2 bridgehead atoms. The minimum atomic E-state index is -1.48. The van der Waals surface area contributed by atoms with Gasteiger partial charge in [-0.1, -0.05) is 6.42 Å². The highest BCUT2D eigenvalue weighted by Crippen LogP contribution is 2.31. The quantitative estimate of drug-likeness (QED) is 0.869. The molecule has 0 saturated carbocycles. The van der Waals surface area contributed by atoms with Crippen LogP contribution in [-0.4, -0.2) is 17.9 Å². The second-order valence-corrected chi connectivity index (χ2v) is 6.18. The van der Waals surface area contributed by atoms with Crippen LogP contribution < -0.4 is 5.32 Å². The Bertz CT molecular complexity index is 525. The van der Waals surface area contributed by atoms with Crippen molar-refractivity contribution in [1.29, 1.82) is 0 Å². The molecule has 0 aromatic heterocycles. The number of fused-ring (bicyclic) bond motifs is 2. The molecule has 2 aliphatic rings. The molecule has 0 amide bonds. The van der Waals surface area contributed by atoms with Gasteiger partial charge in [0.15, 0.2) is 17.5 Å². The minimum Gasteiger partial charge on any atom is -0.311 e. The zero-order valence-electron chi connectivity index (χ0n) is 11.7. The smallest absolute Gasteiger partial charge is 0.194 e. The van der Waals surface area contributed by atoms with E-state index in [1.165, 1.54) is 6.42 Å². The van der Waals surface area contributed by atoms with Gasteiger partial charge in [-0.3, -0.25) is 4.79 Å². The first kappa shape index (κ1) is 14.6. The van der Waals surface area contributed by atoms with E-state index in [0.29, 0.717) is 12.1 Å². The molecule has 3 rings (SSSR count). The molecule has 2 atom stereocenters. The molecular weight excluding hydrogens is 279 g/mol. The van der Waals surface area contributed by atoms with Crippen molar-refractivity contribution in [2.24, 2.45) is 5.92 Å². The number of nitrogens with one attached hydrogen (secondary N) is 1. The summed E-state index contributed by atoms with van der Waals surface area (Å²) >= 11 is 0. The monoisotopic (exact) mass is 297 g/mol. The second kappa shape index (κ2) is 5.79. The molecule has 2 heterocycles. The van der Waals surface area contributed by atoms with Crippen molar-refractivity contribution >= 4 is 5.78 Å². The van der Waals surface area contributed by atoms with Gasteiger partial charge in [-0.25, -0.2) is 13.2 Å². The predicted octanol–water partition coefficient (Wildman–Crippen LogP) is 3.14. The maximum atomic E-state index is 13.2. The van der Waals surface area contributed by atoms with Crippen molar-refractivity contribution in [3.8, 4) is 0 Å². The number of hydrogen-bond acceptors (Lipinski definition) is 2. The summed E-state index contributed by atoms with van der Waals surface area (Å²) in [5.41, 5.74) is 0.208. The molecule has 21 heavy (non-hydrogen) atoms. The average molecular weight is 297 g/mol. The number of halogens is 3. The molecule has 5 heteroatoms. The largest absolute Gasteiger partial charge is 0.311 e. The summed E-state index contributed by atoms with van der Waals surface area (Å²) in [7, 11) is 0. The summed E-state index contributed by atoms with van der Waals surface area (Å²) in [5, 5.41) is 3.51. The van der Waals surface area contributed by atoms with E-state index in [-0.39, 0.29) is 23.7 Å². The van der Waals surface area contributed by atoms with E-state index in [1.807, 2.05) is 0 Å². The average Bonchev–Trinajstić information content (AvgIpc) is 2.44. The number of rotatable bonds is 3. The van der Waals surface area contributed by atoms with Crippen molar-refractivity contribution in [3.05, 3.63) is 35.1 Å². The summed E-state index contributed by atoms with van der Waals surface area (Å²) in [6.07, 6.45) is 4.92. The molecule has 1 aromatic rings. The number of Topliss-reactive ketones (excluding diaryl/α,β-unsaturated/α-hetero) is 1. The molecule has 0 aliphatic carbocycles. The van der Waals surface area contributed by atoms with Crippen LogP contribution in [0.2, 0.25) is 0 Å². The van der Waals surface area contributed by atoms with Gasteiger partial charge in [0.1, 0.15) is 5.78 Å². The van der Waals surface area contributed by atoms with E-state index < -0.39 is 17.5 Å². The highest BCUT2D eigenvalue weighted by molar-refractivity contribution is 5.83. The molecule has 114 valence electrons. The molecule has 2 fully saturated rings. The maximum Gasteiger partial charge on any atom is 0.194 e. The molecule has 2 saturated heterocycles. The molecule has 2 unspecified atom stereocenters. The van der Waals surface area contributed by atoms with Crippen LogP contribution in [0.15, 0.2) is 12.1 Å². The van der Waals surface area contributed by atoms with Crippen LogP contribution in [0.3, 0.4) is 0 Å². The molecule has 1 N–H and O–H groups in total. The highest BCUT2D eigenvalue weighted by Gasteiger charge is 2.34. The topological polar surface area (TPSA) is 29.1 Å². The van der Waals surface area contributed by atoms with Crippen molar-refractivity contribution in [3.63, 3.8) is 0 Å². The van der Waals surface area contributed by atoms with Crippen LogP contribution in [0.1, 0.15) is 37.7 Å². The fourth-order valence-electron chi connectivity index (χ4n) is 3.58. The van der Waals surface area contributed by atoms with E-state index in [4.69, 9.17) is 0 Å². The fourth-order valence-corrected chi connectivity index (χ4v) is 3.58. The third-order valence-electron chi connectivity index (χ3n) is 4.59. The third-order valence-corrected chi connectivity index (χ3v) is 4.59. The van der Waals surface area contributed by atoms with Gasteiger partial charge in [-0.05, 0) is 43.4 Å². The van der Waals surface area contributed by atoms with Crippen LogP contribution in [0, 0.1) is 23.4 Å². The lowest BCUT2D eigenvalue weighted by Gasteiger charge is -2.39. The maximum absolute atomic E-state index is 13.2. The number of piperidine rings is 2. The summed E-state index contributed by atoms with van der Waals surface area (Å²) in [6.45, 7) is 0. The van der Waals surface area contributed by atoms with Crippen LogP contribution >= 0.6 is 0 Å². The lowest BCUT2D eigenvalue weighted by molar-refractivity contribution is -0.124. The lowest BCUT2D eigenvalue weighted by atomic mass is 9.77. The van der Waals surface area contributed by atoms with Crippen LogP contribution in [0.4, 0.5) is 13.2 Å². The van der Waals surface area contributed by atoms with Gasteiger partial charge >= 0.3 is 0 Å². The van der Waals surface area contributed by atoms with Crippen LogP contribution in [0.5, 0.6) is 0 Å². The number of carbonyl (C=O) groups is 1. The Morgan fingerprint density at radius 1 is 1.10 bits per heavy atom. The lowest BCUT2D eigenvalue weighted by Crippen LogP contribution is -2.50. The van der Waals surface area contributed by atoms with E-state index in [1.54, 1.807) is 0 Å². The fraction of sp³-hybridized carbons (Fsp3) is 0.562. The van der Waals surface area contributed by atoms with E-state index in [2.05, 4.69) is 5.32 Å². The van der Waals surface area contributed by atoms with Gasteiger partial charge in [0, 0.05) is 24.4 Å². The predicted molar refractivity (Wildman–Crippen MR) is 72.3 cm³/mol.